The summed E-state index contributed by atoms with van der Waals surface area (Å²) in [7, 11) is 0. The van der Waals surface area contributed by atoms with Crippen molar-refractivity contribution in [3.63, 3.8) is 0 Å². The van der Waals surface area contributed by atoms with Crippen LogP contribution in [0.15, 0.2) is 30.3 Å². The molecule has 3 heteroatoms. The van der Waals surface area contributed by atoms with Crippen LogP contribution in [0.1, 0.15) is 19.4 Å². The quantitative estimate of drug-likeness (QED) is 0.715. The number of rotatable bonds is 2. The second kappa shape index (κ2) is 8.30. The van der Waals surface area contributed by atoms with E-state index < -0.39 is 5.43 Å². The molecule has 84 valence electrons. The van der Waals surface area contributed by atoms with Gasteiger partial charge in [0.2, 0.25) is 0 Å². The summed E-state index contributed by atoms with van der Waals surface area (Å²) in [5.41, 5.74) is 0.598. The lowest BCUT2D eigenvalue weighted by Crippen LogP contribution is -2.02. The van der Waals surface area contributed by atoms with Crippen LogP contribution in [0.5, 0.6) is 0 Å². The largest absolute Gasteiger partial charge is 0.453 e. The second-order valence-corrected chi connectivity index (χ2v) is 3.91. The number of benzene rings is 1. The molecule has 0 fully saturated rings. The molecule has 0 spiro atoms. The van der Waals surface area contributed by atoms with Crippen LogP contribution in [0.3, 0.4) is 0 Å². The van der Waals surface area contributed by atoms with E-state index in [-0.39, 0.29) is 0 Å². The smallest absolute Gasteiger partial charge is 0.403 e. The molecule has 15 heavy (non-hydrogen) atoms. The Bertz CT molecular complexity index is 270. The van der Waals surface area contributed by atoms with Gasteiger partial charge in [0, 0.05) is 11.6 Å². The van der Waals surface area contributed by atoms with Crippen LogP contribution < -0.4 is 0 Å². The fraction of sp³-hybridized carbons (Fsp3) is 0.417. The number of hydrogen-bond donors (Lipinski definition) is 0. The number of hydrogen-bond acceptors (Lipinski definition) is 2. The van der Waals surface area contributed by atoms with Crippen LogP contribution in [-0.2, 0) is 4.74 Å². The van der Waals surface area contributed by atoms with Crippen LogP contribution in [0, 0.1) is 12.8 Å². The van der Waals surface area contributed by atoms with Crippen LogP contribution in [0.4, 0.5) is 4.79 Å². The summed E-state index contributed by atoms with van der Waals surface area (Å²) >= 11 is 4.86. The third-order valence-electron chi connectivity index (χ3n) is 1.47. The van der Waals surface area contributed by atoms with Crippen LogP contribution in [0.25, 0.3) is 0 Å². The molecular formula is C12H17ClO2. The van der Waals surface area contributed by atoms with Gasteiger partial charge in [0.25, 0.3) is 0 Å². The van der Waals surface area contributed by atoms with E-state index in [0.717, 1.165) is 0 Å². The minimum Gasteiger partial charge on any atom is -0.453 e. The first-order valence-corrected chi connectivity index (χ1v) is 5.24. The van der Waals surface area contributed by atoms with Crippen molar-refractivity contribution in [3.05, 3.63) is 35.9 Å². The minimum atomic E-state index is -0.723. The van der Waals surface area contributed by atoms with Crippen molar-refractivity contribution in [1.82, 2.24) is 0 Å². The van der Waals surface area contributed by atoms with Crippen molar-refractivity contribution in [2.24, 2.45) is 5.92 Å². The molecule has 2 nitrogen and oxygen atoms in total. The summed E-state index contributed by atoms with van der Waals surface area (Å²) in [6.45, 7) is 6.38. The number of carbonyl (C=O) groups excluding carboxylic acids is 1. The van der Waals surface area contributed by atoms with E-state index in [1.807, 2.05) is 32.0 Å². The van der Waals surface area contributed by atoms with Crippen LogP contribution in [0.2, 0.25) is 0 Å². The van der Waals surface area contributed by atoms with Gasteiger partial charge >= 0.3 is 5.43 Å². The molecule has 0 radical (unpaired) electrons. The molecule has 0 amide bonds. The van der Waals surface area contributed by atoms with Crippen molar-refractivity contribution in [2.75, 3.05) is 6.61 Å². The highest BCUT2D eigenvalue weighted by Crippen LogP contribution is 1.95. The first kappa shape index (κ1) is 14.0. The maximum atomic E-state index is 9.89. The summed E-state index contributed by atoms with van der Waals surface area (Å²) in [4.78, 5) is 9.89. The Morgan fingerprint density at radius 3 is 2.07 bits per heavy atom. The van der Waals surface area contributed by atoms with Gasteiger partial charge in [0.1, 0.15) is 0 Å². The molecule has 0 unspecified atom stereocenters. The van der Waals surface area contributed by atoms with Gasteiger partial charge in [-0.3, -0.25) is 0 Å². The Morgan fingerprint density at radius 1 is 1.33 bits per heavy atom. The third kappa shape index (κ3) is 10.9. The van der Waals surface area contributed by atoms with Crippen LogP contribution >= 0.6 is 11.6 Å². The summed E-state index contributed by atoms with van der Waals surface area (Å²) < 4.78 is 4.43. The van der Waals surface area contributed by atoms with Crippen molar-refractivity contribution < 1.29 is 9.53 Å². The van der Waals surface area contributed by atoms with Gasteiger partial charge in [-0.1, -0.05) is 49.7 Å². The fourth-order valence-corrected chi connectivity index (χ4v) is 0.830. The average molecular weight is 229 g/mol. The molecule has 0 N–H and O–H groups in total. The highest BCUT2D eigenvalue weighted by atomic mass is 35.5. The average Bonchev–Trinajstić information content (AvgIpc) is 2.17. The normalized spacial score (nSPS) is 9.13. The summed E-state index contributed by atoms with van der Waals surface area (Å²) in [6.07, 6.45) is 0. The molecule has 0 bridgehead atoms. The van der Waals surface area contributed by atoms with Crippen molar-refractivity contribution >= 4 is 17.0 Å². The number of halogens is 1. The van der Waals surface area contributed by atoms with Gasteiger partial charge in [-0.05, 0) is 12.8 Å². The fourth-order valence-electron chi connectivity index (χ4n) is 0.767. The Labute approximate surface area is 96.2 Å². The Morgan fingerprint density at radius 2 is 1.87 bits per heavy atom. The zero-order valence-corrected chi connectivity index (χ0v) is 10.1. The molecule has 1 aromatic carbocycles. The topological polar surface area (TPSA) is 26.3 Å². The van der Waals surface area contributed by atoms with Crippen molar-refractivity contribution in [3.8, 4) is 0 Å². The molecule has 0 saturated carbocycles. The SMILES string of the molecule is CC(C)COC(=O)Cl.Cc1ccccc1. The number of ether oxygens (including phenoxy) is 1. The van der Waals surface area contributed by atoms with Gasteiger partial charge in [0.05, 0.1) is 6.61 Å². The second-order valence-electron chi connectivity index (χ2n) is 3.60. The zero-order chi connectivity index (χ0) is 11.7. The lowest BCUT2D eigenvalue weighted by atomic mass is 10.2. The number of carbonyl (C=O) groups is 1. The predicted octanol–water partition coefficient (Wildman–Crippen LogP) is 4.01. The molecule has 0 aliphatic carbocycles. The molecule has 0 aliphatic heterocycles. The van der Waals surface area contributed by atoms with E-state index in [0.29, 0.717) is 12.5 Å². The molecular weight excluding hydrogens is 212 g/mol. The monoisotopic (exact) mass is 228 g/mol. The molecule has 0 aromatic heterocycles. The summed E-state index contributed by atoms with van der Waals surface area (Å²) in [5, 5.41) is 0. The van der Waals surface area contributed by atoms with E-state index in [9.17, 15) is 4.79 Å². The lowest BCUT2D eigenvalue weighted by Gasteiger charge is -2.00. The Hall–Kier alpha value is -1.02. The van der Waals surface area contributed by atoms with E-state index in [1.165, 1.54) is 5.56 Å². The van der Waals surface area contributed by atoms with Gasteiger partial charge in [0.15, 0.2) is 0 Å². The standard InChI is InChI=1S/C7H8.C5H9ClO2/c1-7-5-3-2-4-6-7;1-4(2)3-8-5(6)7/h2-6H,1H3;4H,3H2,1-2H3. The predicted molar refractivity (Wildman–Crippen MR) is 63.2 cm³/mol. The van der Waals surface area contributed by atoms with Gasteiger partial charge in [-0.25, -0.2) is 4.79 Å². The molecule has 0 saturated heterocycles. The molecule has 1 aromatic rings. The zero-order valence-electron chi connectivity index (χ0n) is 9.37. The Balaban J connectivity index is 0.000000262. The molecule has 0 heterocycles. The minimum absolute atomic E-state index is 0.359. The lowest BCUT2D eigenvalue weighted by molar-refractivity contribution is 0.159. The maximum Gasteiger partial charge on any atom is 0.403 e. The molecule has 0 atom stereocenters. The van der Waals surface area contributed by atoms with Gasteiger partial charge < -0.3 is 4.74 Å². The van der Waals surface area contributed by atoms with E-state index in [1.54, 1.807) is 0 Å². The van der Waals surface area contributed by atoms with Crippen molar-refractivity contribution in [2.45, 2.75) is 20.8 Å². The third-order valence-corrected chi connectivity index (χ3v) is 1.58. The first-order chi connectivity index (χ1) is 7.02. The highest BCUT2D eigenvalue weighted by molar-refractivity contribution is 6.61. The molecule has 1 rings (SSSR count). The summed E-state index contributed by atoms with van der Waals surface area (Å²) in [6, 6.07) is 10.3. The van der Waals surface area contributed by atoms with E-state index in [4.69, 9.17) is 11.6 Å². The molecule has 0 aliphatic rings. The Kier molecular flexibility index (Phi) is 7.74. The van der Waals surface area contributed by atoms with Gasteiger partial charge in [-0.2, -0.15) is 0 Å². The maximum absolute atomic E-state index is 9.89. The first-order valence-electron chi connectivity index (χ1n) is 4.86. The van der Waals surface area contributed by atoms with Gasteiger partial charge in [-0.15, -0.1) is 0 Å². The van der Waals surface area contributed by atoms with Crippen LogP contribution in [-0.4, -0.2) is 12.0 Å². The van der Waals surface area contributed by atoms with Crippen molar-refractivity contribution in [1.29, 1.82) is 0 Å². The number of aryl methyl sites for hydroxylation is 1. The van der Waals surface area contributed by atoms with E-state index in [2.05, 4.69) is 23.8 Å². The van der Waals surface area contributed by atoms with E-state index >= 15 is 0 Å². The summed E-state index contributed by atoms with van der Waals surface area (Å²) in [5.74, 6) is 0.359. The highest BCUT2D eigenvalue weighted by Gasteiger charge is 1.96.